The van der Waals surface area contributed by atoms with Gasteiger partial charge in [-0.2, -0.15) is 0 Å². The number of anilines is 2. The van der Waals surface area contributed by atoms with Crippen LogP contribution < -0.4 is 10.2 Å². The fourth-order valence-electron chi connectivity index (χ4n) is 3.80. The lowest BCUT2D eigenvalue weighted by Gasteiger charge is -2.24. The van der Waals surface area contributed by atoms with E-state index < -0.39 is 0 Å². The molecule has 1 saturated carbocycles. The Morgan fingerprint density at radius 1 is 1.19 bits per heavy atom. The van der Waals surface area contributed by atoms with Crippen molar-refractivity contribution in [1.29, 1.82) is 0 Å². The van der Waals surface area contributed by atoms with E-state index in [2.05, 4.69) is 5.32 Å². The molecular weight excluding hydrogens is 338 g/mol. The van der Waals surface area contributed by atoms with Crippen molar-refractivity contribution in [3.8, 4) is 0 Å². The molecular formula is C22H23N3O2. The molecule has 2 amide bonds. The Balaban J connectivity index is 1.59. The van der Waals surface area contributed by atoms with Crippen LogP contribution in [-0.2, 0) is 9.59 Å². The number of benzene rings is 2. The van der Waals surface area contributed by atoms with Gasteiger partial charge in [0, 0.05) is 11.4 Å². The number of amides is 2. The van der Waals surface area contributed by atoms with Crippen molar-refractivity contribution in [2.45, 2.75) is 33.1 Å². The van der Waals surface area contributed by atoms with Gasteiger partial charge in [0.2, 0.25) is 11.8 Å². The van der Waals surface area contributed by atoms with Gasteiger partial charge in [-0.3, -0.25) is 14.6 Å². The predicted molar refractivity (Wildman–Crippen MR) is 108 cm³/mol. The average Bonchev–Trinajstić information content (AvgIpc) is 3.07. The van der Waals surface area contributed by atoms with Gasteiger partial charge in [-0.25, -0.2) is 0 Å². The first-order chi connectivity index (χ1) is 13.0. The topological polar surface area (TPSA) is 61.8 Å². The van der Waals surface area contributed by atoms with Gasteiger partial charge in [0.1, 0.15) is 6.54 Å². The van der Waals surface area contributed by atoms with Gasteiger partial charge in [0.05, 0.1) is 17.3 Å². The van der Waals surface area contributed by atoms with E-state index in [4.69, 9.17) is 4.99 Å². The molecule has 138 valence electrons. The highest BCUT2D eigenvalue weighted by Crippen LogP contribution is 2.37. The number of rotatable bonds is 3. The molecule has 0 unspecified atom stereocenters. The van der Waals surface area contributed by atoms with Gasteiger partial charge in [-0.05, 0) is 68.5 Å². The molecule has 0 aromatic heterocycles. The summed E-state index contributed by atoms with van der Waals surface area (Å²) in [5.74, 6) is -0.430. The molecule has 27 heavy (non-hydrogen) atoms. The van der Waals surface area contributed by atoms with E-state index >= 15 is 0 Å². The minimum atomic E-state index is -0.206. The van der Waals surface area contributed by atoms with Crippen LogP contribution in [0.5, 0.6) is 0 Å². The Hall–Kier alpha value is -2.95. The molecule has 2 aromatic rings. The lowest BCUT2D eigenvalue weighted by Crippen LogP contribution is -2.41. The molecule has 0 bridgehead atoms. The van der Waals surface area contributed by atoms with Crippen LogP contribution in [0.4, 0.5) is 17.1 Å². The second-order valence-electron chi connectivity index (χ2n) is 7.31. The quantitative estimate of drug-likeness (QED) is 0.892. The smallest absolute Gasteiger partial charge is 0.244 e. The highest BCUT2D eigenvalue weighted by atomic mass is 16.2. The summed E-state index contributed by atoms with van der Waals surface area (Å²) in [5.41, 5.74) is 5.47. The van der Waals surface area contributed by atoms with Gasteiger partial charge < -0.3 is 10.2 Å². The van der Waals surface area contributed by atoms with Crippen molar-refractivity contribution in [3.05, 3.63) is 53.6 Å². The number of nitrogens with one attached hydrogen (secondary N) is 1. The molecule has 0 radical (unpaired) electrons. The second-order valence-corrected chi connectivity index (χ2v) is 7.31. The first-order valence-corrected chi connectivity index (χ1v) is 9.38. The number of hydrogen-bond donors (Lipinski definition) is 1. The van der Waals surface area contributed by atoms with E-state index in [0.717, 1.165) is 41.9 Å². The van der Waals surface area contributed by atoms with Gasteiger partial charge >= 0.3 is 0 Å². The maximum absolute atomic E-state index is 13.1. The number of para-hydroxylation sites is 2. The van der Waals surface area contributed by atoms with Gasteiger partial charge in [-0.15, -0.1) is 0 Å². The molecule has 1 aliphatic carbocycles. The molecule has 0 saturated heterocycles. The zero-order valence-corrected chi connectivity index (χ0v) is 15.7. The van der Waals surface area contributed by atoms with E-state index in [1.54, 1.807) is 4.90 Å². The summed E-state index contributed by atoms with van der Waals surface area (Å²) >= 11 is 0. The van der Waals surface area contributed by atoms with Crippen LogP contribution in [0.15, 0.2) is 47.5 Å². The van der Waals surface area contributed by atoms with Crippen molar-refractivity contribution in [2.24, 2.45) is 10.9 Å². The molecule has 1 N–H and O–H groups in total. The number of carbonyl (C=O) groups is 2. The first-order valence-electron chi connectivity index (χ1n) is 9.38. The van der Waals surface area contributed by atoms with Crippen LogP contribution >= 0.6 is 0 Å². The third-order valence-corrected chi connectivity index (χ3v) is 5.42. The fourth-order valence-corrected chi connectivity index (χ4v) is 3.80. The number of aliphatic imine (C=N–C) groups is 1. The SMILES string of the molecule is Cc1ccc(NC(=O)CN2C(=O)[C@@H]3CCCC3=Nc3ccccc32)cc1C. The Bertz CT molecular complexity index is 948. The number of nitrogens with zero attached hydrogens (tertiary/aromatic N) is 2. The average molecular weight is 361 g/mol. The number of carbonyl (C=O) groups excluding carboxylic acids is 2. The number of hydrogen-bond acceptors (Lipinski definition) is 3. The lowest BCUT2D eigenvalue weighted by atomic mass is 10.1. The van der Waals surface area contributed by atoms with Crippen molar-refractivity contribution in [1.82, 2.24) is 0 Å². The summed E-state index contributed by atoms with van der Waals surface area (Å²) in [6.07, 6.45) is 2.63. The van der Waals surface area contributed by atoms with E-state index in [1.165, 1.54) is 5.56 Å². The normalized spacial score (nSPS) is 18.4. The van der Waals surface area contributed by atoms with E-state index in [1.807, 2.05) is 56.3 Å². The molecule has 1 heterocycles. The predicted octanol–water partition coefficient (Wildman–Crippen LogP) is 4.16. The van der Waals surface area contributed by atoms with E-state index in [-0.39, 0.29) is 24.3 Å². The third-order valence-electron chi connectivity index (χ3n) is 5.42. The minimum Gasteiger partial charge on any atom is -0.325 e. The van der Waals surface area contributed by atoms with Crippen molar-refractivity contribution >= 4 is 34.6 Å². The van der Waals surface area contributed by atoms with Crippen molar-refractivity contribution < 1.29 is 9.59 Å². The summed E-state index contributed by atoms with van der Waals surface area (Å²) in [7, 11) is 0. The summed E-state index contributed by atoms with van der Waals surface area (Å²) in [4.78, 5) is 32.2. The Kier molecular flexibility index (Phi) is 4.52. The molecule has 1 fully saturated rings. The molecule has 2 aliphatic rings. The largest absolute Gasteiger partial charge is 0.325 e. The Labute approximate surface area is 159 Å². The second kappa shape index (κ2) is 6.99. The maximum Gasteiger partial charge on any atom is 0.244 e. The molecule has 1 aliphatic heterocycles. The molecule has 0 spiro atoms. The van der Waals surface area contributed by atoms with Crippen LogP contribution in [0.25, 0.3) is 0 Å². The number of fused-ring (bicyclic) bond motifs is 2. The highest BCUT2D eigenvalue weighted by Gasteiger charge is 2.37. The van der Waals surface area contributed by atoms with Crippen LogP contribution in [0, 0.1) is 19.8 Å². The summed E-state index contributed by atoms with van der Waals surface area (Å²) < 4.78 is 0. The van der Waals surface area contributed by atoms with Gasteiger partial charge in [0.25, 0.3) is 0 Å². The van der Waals surface area contributed by atoms with Crippen molar-refractivity contribution in [3.63, 3.8) is 0 Å². The first kappa shape index (κ1) is 17.5. The molecule has 4 rings (SSSR count). The van der Waals surface area contributed by atoms with E-state index in [0.29, 0.717) is 5.69 Å². The molecule has 5 nitrogen and oxygen atoms in total. The minimum absolute atomic E-state index is 0.0118. The van der Waals surface area contributed by atoms with Crippen molar-refractivity contribution in [2.75, 3.05) is 16.8 Å². The Morgan fingerprint density at radius 3 is 2.81 bits per heavy atom. The number of aryl methyl sites for hydroxylation is 2. The monoisotopic (exact) mass is 361 g/mol. The van der Waals surface area contributed by atoms with Crippen LogP contribution in [0.3, 0.4) is 0 Å². The lowest BCUT2D eigenvalue weighted by molar-refractivity contribution is -0.122. The Morgan fingerprint density at radius 2 is 2.00 bits per heavy atom. The van der Waals surface area contributed by atoms with Gasteiger partial charge in [0.15, 0.2) is 0 Å². The molecule has 2 aromatic carbocycles. The summed E-state index contributed by atoms with van der Waals surface area (Å²) in [5, 5.41) is 2.92. The zero-order chi connectivity index (χ0) is 19.0. The third kappa shape index (κ3) is 3.37. The highest BCUT2D eigenvalue weighted by molar-refractivity contribution is 6.16. The maximum atomic E-state index is 13.1. The zero-order valence-electron chi connectivity index (χ0n) is 15.7. The van der Waals surface area contributed by atoms with Crippen LogP contribution in [0.1, 0.15) is 30.4 Å². The summed E-state index contributed by atoms with van der Waals surface area (Å²) in [6.45, 7) is 4.04. The van der Waals surface area contributed by atoms with Gasteiger partial charge in [-0.1, -0.05) is 18.2 Å². The summed E-state index contributed by atoms with van der Waals surface area (Å²) in [6, 6.07) is 13.4. The molecule has 1 atom stereocenters. The van der Waals surface area contributed by atoms with Crippen LogP contribution in [0.2, 0.25) is 0 Å². The standard InChI is InChI=1S/C22H23N3O2/c1-14-10-11-16(12-15(14)2)23-21(26)13-25-20-9-4-3-7-19(20)24-18-8-5-6-17(18)22(25)27/h3-4,7,9-12,17H,5-6,8,13H2,1-2H3,(H,23,26)/t17-/m1/s1. The molecule has 5 heteroatoms. The fraction of sp³-hybridized carbons (Fsp3) is 0.318. The van der Waals surface area contributed by atoms with E-state index in [9.17, 15) is 9.59 Å². The van der Waals surface area contributed by atoms with Crippen LogP contribution in [-0.4, -0.2) is 24.1 Å².